The highest BCUT2D eigenvalue weighted by atomic mass is 19.4. The summed E-state index contributed by atoms with van der Waals surface area (Å²) < 4.78 is 41.3. The largest absolute Gasteiger partial charge is 0.416 e. The lowest BCUT2D eigenvalue weighted by Crippen LogP contribution is -2.19. The van der Waals surface area contributed by atoms with Gasteiger partial charge in [0.05, 0.1) is 23.1 Å². The van der Waals surface area contributed by atoms with E-state index >= 15 is 0 Å². The second-order valence-electron chi connectivity index (χ2n) is 8.56. The maximum Gasteiger partial charge on any atom is 0.416 e. The molecule has 0 aliphatic heterocycles. The number of aromatic nitrogens is 6. The predicted octanol–water partition coefficient (Wildman–Crippen LogP) is 4.49. The minimum absolute atomic E-state index is 0.0168. The number of aromatic amines is 1. The number of H-pyrrole nitrogens is 1. The van der Waals surface area contributed by atoms with Crippen LogP contribution in [-0.2, 0) is 6.18 Å². The van der Waals surface area contributed by atoms with E-state index in [1.165, 1.54) is 15.6 Å². The van der Waals surface area contributed by atoms with Crippen molar-refractivity contribution < 1.29 is 18.0 Å². The Hall–Kier alpha value is -4.74. The first-order valence-corrected chi connectivity index (χ1v) is 11.1. The number of fused-ring (bicyclic) bond motifs is 1. The number of benzene rings is 2. The lowest BCUT2D eigenvalue weighted by molar-refractivity contribution is -0.137. The molecule has 2 N–H and O–H groups in total. The Balaban J connectivity index is 1.53. The molecule has 2 aromatic carbocycles. The number of nitrogens with zero attached hydrogens (tertiary/aromatic N) is 5. The van der Waals surface area contributed by atoms with E-state index in [1.54, 1.807) is 13.0 Å². The summed E-state index contributed by atoms with van der Waals surface area (Å²) in [7, 11) is 0. The monoisotopic (exact) mass is 507 g/mol. The van der Waals surface area contributed by atoms with E-state index in [-0.39, 0.29) is 28.4 Å². The van der Waals surface area contributed by atoms with Crippen molar-refractivity contribution in [2.75, 3.05) is 5.32 Å². The van der Waals surface area contributed by atoms with Crippen molar-refractivity contribution in [2.24, 2.45) is 0 Å². The number of carbonyl (C=O) groups excluding carboxylic acids is 1. The fourth-order valence-electron chi connectivity index (χ4n) is 3.80. The van der Waals surface area contributed by atoms with Crippen molar-refractivity contribution in [3.63, 3.8) is 0 Å². The van der Waals surface area contributed by atoms with Crippen LogP contribution in [0.3, 0.4) is 0 Å². The van der Waals surface area contributed by atoms with E-state index in [2.05, 4.69) is 25.5 Å². The molecule has 37 heavy (non-hydrogen) atoms. The summed E-state index contributed by atoms with van der Waals surface area (Å²) in [4.78, 5) is 32.8. The second-order valence-corrected chi connectivity index (χ2v) is 8.56. The zero-order valence-electron chi connectivity index (χ0n) is 19.9. The normalized spacial score (nSPS) is 11.7. The minimum Gasteiger partial charge on any atom is -0.306 e. The highest BCUT2D eigenvalue weighted by Crippen LogP contribution is 2.29. The summed E-state index contributed by atoms with van der Waals surface area (Å²) in [6.07, 6.45) is -3.09. The SMILES string of the molecule is Cc1cc(NC(=O)c2ccc(C(F)(F)F)cc2)n(-c2nc3c(cnn3-c3ccc(C)c(C)c3)c(=O)[nH]2)n1. The molecular weight excluding hydrogens is 487 g/mol. The van der Waals surface area contributed by atoms with Gasteiger partial charge < -0.3 is 5.32 Å². The van der Waals surface area contributed by atoms with Crippen LogP contribution in [0.15, 0.2) is 59.5 Å². The van der Waals surface area contributed by atoms with Gasteiger partial charge in [-0.05, 0) is 68.3 Å². The molecule has 9 nitrogen and oxygen atoms in total. The van der Waals surface area contributed by atoms with Crippen molar-refractivity contribution in [3.05, 3.63) is 93.0 Å². The summed E-state index contributed by atoms with van der Waals surface area (Å²) >= 11 is 0. The van der Waals surface area contributed by atoms with Crippen LogP contribution in [0, 0.1) is 20.8 Å². The molecule has 3 heterocycles. The first-order chi connectivity index (χ1) is 17.5. The lowest BCUT2D eigenvalue weighted by atomic mass is 10.1. The number of halogens is 3. The second kappa shape index (κ2) is 8.73. The average Bonchev–Trinajstić information content (AvgIpc) is 3.44. The van der Waals surface area contributed by atoms with Gasteiger partial charge >= 0.3 is 6.18 Å². The van der Waals surface area contributed by atoms with E-state index in [0.29, 0.717) is 5.69 Å². The Labute approximate surface area is 207 Å². The molecule has 0 saturated heterocycles. The van der Waals surface area contributed by atoms with Gasteiger partial charge in [-0.25, -0.2) is 4.68 Å². The van der Waals surface area contributed by atoms with Crippen LogP contribution in [0.1, 0.15) is 32.7 Å². The van der Waals surface area contributed by atoms with Gasteiger partial charge in [-0.3, -0.25) is 14.6 Å². The number of carbonyl (C=O) groups is 1. The van der Waals surface area contributed by atoms with E-state index < -0.39 is 23.2 Å². The Morgan fingerprint density at radius 1 is 0.973 bits per heavy atom. The molecule has 0 aliphatic rings. The number of amides is 1. The Morgan fingerprint density at radius 3 is 2.38 bits per heavy atom. The van der Waals surface area contributed by atoms with Crippen LogP contribution in [0.25, 0.3) is 22.7 Å². The highest BCUT2D eigenvalue weighted by molar-refractivity contribution is 6.04. The fourth-order valence-corrected chi connectivity index (χ4v) is 3.80. The topological polar surface area (TPSA) is 110 Å². The number of rotatable bonds is 4. The Kier molecular flexibility index (Phi) is 5.66. The molecule has 0 spiro atoms. The Morgan fingerprint density at radius 2 is 1.70 bits per heavy atom. The maximum absolute atomic E-state index is 12.9. The zero-order valence-corrected chi connectivity index (χ0v) is 19.9. The van der Waals surface area contributed by atoms with Gasteiger partial charge in [0, 0.05) is 11.6 Å². The molecule has 0 radical (unpaired) electrons. The molecule has 3 aromatic heterocycles. The molecule has 0 bridgehead atoms. The molecule has 188 valence electrons. The molecule has 12 heteroatoms. The molecule has 0 aliphatic carbocycles. The predicted molar refractivity (Wildman–Crippen MR) is 130 cm³/mol. The minimum atomic E-state index is -4.51. The van der Waals surface area contributed by atoms with E-state index in [1.807, 2.05) is 32.0 Å². The third kappa shape index (κ3) is 4.48. The Bertz CT molecular complexity index is 1710. The van der Waals surface area contributed by atoms with E-state index in [0.717, 1.165) is 41.1 Å². The van der Waals surface area contributed by atoms with Gasteiger partial charge in [0.2, 0.25) is 5.95 Å². The third-order valence-corrected chi connectivity index (χ3v) is 5.91. The van der Waals surface area contributed by atoms with Crippen molar-refractivity contribution in [2.45, 2.75) is 26.9 Å². The van der Waals surface area contributed by atoms with Crippen LogP contribution in [0.4, 0.5) is 19.0 Å². The smallest absolute Gasteiger partial charge is 0.306 e. The summed E-state index contributed by atoms with van der Waals surface area (Å²) in [6.45, 7) is 5.64. The fraction of sp³-hybridized carbons (Fsp3) is 0.160. The van der Waals surface area contributed by atoms with Gasteiger partial charge in [0.1, 0.15) is 11.2 Å². The van der Waals surface area contributed by atoms with E-state index in [4.69, 9.17) is 0 Å². The molecule has 0 atom stereocenters. The molecule has 0 saturated carbocycles. The number of anilines is 1. The number of aryl methyl sites for hydroxylation is 3. The average molecular weight is 507 g/mol. The van der Waals surface area contributed by atoms with Crippen LogP contribution in [0.5, 0.6) is 0 Å². The number of hydrogen-bond donors (Lipinski definition) is 2. The van der Waals surface area contributed by atoms with Crippen LogP contribution < -0.4 is 10.9 Å². The van der Waals surface area contributed by atoms with Gasteiger partial charge in [0.15, 0.2) is 5.65 Å². The molecule has 1 amide bonds. The summed E-state index contributed by atoms with van der Waals surface area (Å²) in [5, 5.41) is 11.5. The van der Waals surface area contributed by atoms with Gasteiger partial charge in [-0.15, -0.1) is 0 Å². The first kappa shape index (κ1) is 24.0. The third-order valence-electron chi connectivity index (χ3n) is 5.91. The molecule has 0 unspecified atom stereocenters. The summed E-state index contributed by atoms with van der Waals surface area (Å²) in [5.74, 6) is -0.459. The molecule has 5 rings (SSSR count). The molecule has 0 fully saturated rings. The first-order valence-electron chi connectivity index (χ1n) is 11.1. The van der Waals surface area contributed by atoms with Crippen molar-refractivity contribution in [3.8, 4) is 11.6 Å². The standard InChI is InChI=1S/C25H20F3N7O2/c1-13-4-9-18(10-14(13)2)34-21-19(12-29-34)23(37)32-24(31-21)35-20(11-15(3)33-35)30-22(36)16-5-7-17(8-6-16)25(26,27)28/h4-12H,1-3H3,(H,30,36)(H,31,32,37). The zero-order chi connectivity index (χ0) is 26.5. The number of alkyl halides is 3. The van der Waals surface area contributed by atoms with Gasteiger partial charge in [-0.2, -0.15) is 33.0 Å². The van der Waals surface area contributed by atoms with Crippen molar-refractivity contribution >= 4 is 22.8 Å². The quantitative estimate of drug-likeness (QED) is 0.373. The lowest BCUT2D eigenvalue weighted by Gasteiger charge is -2.10. The summed E-state index contributed by atoms with van der Waals surface area (Å²) in [6, 6.07) is 11.1. The molecular formula is C25H20F3N7O2. The van der Waals surface area contributed by atoms with Crippen molar-refractivity contribution in [1.29, 1.82) is 0 Å². The molecule has 5 aromatic rings. The van der Waals surface area contributed by atoms with Gasteiger partial charge in [0.25, 0.3) is 11.5 Å². The number of nitrogens with one attached hydrogen (secondary N) is 2. The van der Waals surface area contributed by atoms with Gasteiger partial charge in [-0.1, -0.05) is 6.07 Å². The van der Waals surface area contributed by atoms with Crippen LogP contribution in [-0.4, -0.2) is 35.4 Å². The van der Waals surface area contributed by atoms with Crippen molar-refractivity contribution in [1.82, 2.24) is 29.5 Å². The van der Waals surface area contributed by atoms with E-state index in [9.17, 15) is 22.8 Å². The highest BCUT2D eigenvalue weighted by Gasteiger charge is 2.30. The maximum atomic E-state index is 12.9. The number of hydrogen-bond acceptors (Lipinski definition) is 5. The van der Waals surface area contributed by atoms with Crippen LogP contribution in [0.2, 0.25) is 0 Å². The van der Waals surface area contributed by atoms with Crippen LogP contribution >= 0.6 is 0 Å². The summed E-state index contributed by atoms with van der Waals surface area (Å²) in [5.41, 5.74) is 2.36.